The van der Waals surface area contributed by atoms with Crippen molar-refractivity contribution in [3.63, 3.8) is 0 Å². The van der Waals surface area contributed by atoms with E-state index in [1.54, 1.807) is 28.6 Å². The van der Waals surface area contributed by atoms with E-state index in [1.807, 2.05) is 6.07 Å². The summed E-state index contributed by atoms with van der Waals surface area (Å²) >= 11 is 0. The van der Waals surface area contributed by atoms with E-state index in [4.69, 9.17) is 4.52 Å². The summed E-state index contributed by atoms with van der Waals surface area (Å²) in [4.78, 5) is 0.288. The Balaban J connectivity index is 1.49. The van der Waals surface area contributed by atoms with Crippen molar-refractivity contribution in [2.75, 3.05) is 19.6 Å². The van der Waals surface area contributed by atoms with E-state index in [0.717, 1.165) is 25.3 Å². The molecule has 2 heterocycles. The molecule has 1 saturated carbocycles. The van der Waals surface area contributed by atoms with Gasteiger partial charge in [0.25, 0.3) is 0 Å². The second-order valence-electron chi connectivity index (χ2n) is 6.90. The summed E-state index contributed by atoms with van der Waals surface area (Å²) in [7, 11) is -3.54. The van der Waals surface area contributed by atoms with Crippen LogP contribution >= 0.6 is 0 Å². The van der Waals surface area contributed by atoms with Crippen molar-refractivity contribution in [1.82, 2.24) is 14.8 Å². The molecule has 2 fully saturated rings. The van der Waals surface area contributed by atoms with Gasteiger partial charge in [-0.1, -0.05) is 17.3 Å². The molecule has 1 aromatic heterocycles. The molecule has 0 unspecified atom stereocenters. The van der Waals surface area contributed by atoms with Gasteiger partial charge < -0.3 is 9.84 Å². The number of nitrogens with zero attached hydrogens (tertiary/aromatic N) is 2. The molecule has 134 valence electrons. The van der Waals surface area contributed by atoms with Gasteiger partial charge in [-0.3, -0.25) is 0 Å². The lowest BCUT2D eigenvalue weighted by Gasteiger charge is -2.32. The average molecular weight is 361 g/mol. The Morgan fingerprint density at radius 1 is 1.12 bits per heavy atom. The number of aromatic nitrogens is 1. The van der Waals surface area contributed by atoms with Gasteiger partial charge in [-0.15, -0.1) is 0 Å². The molecular formula is C18H23N3O3S. The molecule has 1 aliphatic carbocycles. The molecule has 6 nitrogen and oxygen atoms in total. The summed E-state index contributed by atoms with van der Waals surface area (Å²) in [5.41, 5.74) is 0.564. The van der Waals surface area contributed by atoms with E-state index in [1.165, 1.54) is 19.0 Å². The smallest absolute Gasteiger partial charge is 0.243 e. The first-order valence-corrected chi connectivity index (χ1v) is 10.3. The van der Waals surface area contributed by atoms with Crippen molar-refractivity contribution in [1.29, 1.82) is 0 Å². The monoisotopic (exact) mass is 361 g/mol. The molecule has 2 aromatic rings. The molecule has 7 heteroatoms. The quantitative estimate of drug-likeness (QED) is 0.855. The summed E-state index contributed by atoms with van der Waals surface area (Å²) in [5.74, 6) is 1.32. The highest BCUT2D eigenvalue weighted by atomic mass is 32.2. The van der Waals surface area contributed by atoms with Crippen LogP contribution < -0.4 is 5.32 Å². The highest BCUT2D eigenvalue weighted by Crippen LogP contribution is 2.31. The Morgan fingerprint density at radius 3 is 2.56 bits per heavy atom. The first-order chi connectivity index (χ1) is 12.1. The minimum atomic E-state index is -3.54. The summed E-state index contributed by atoms with van der Waals surface area (Å²) in [6, 6.07) is 9.07. The third-order valence-electron chi connectivity index (χ3n) is 5.05. The van der Waals surface area contributed by atoms with Crippen LogP contribution in [0.3, 0.4) is 0 Å². The Bertz CT molecular complexity index is 808. The minimum absolute atomic E-state index is 0.288. The summed E-state index contributed by atoms with van der Waals surface area (Å²) in [6.45, 7) is 2.18. The van der Waals surface area contributed by atoms with Gasteiger partial charge in [-0.25, -0.2) is 8.42 Å². The fourth-order valence-electron chi connectivity index (χ4n) is 3.34. The zero-order valence-electron chi connectivity index (χ0n) is 14.1. The molecule has 0 bridgehead atoms. The lowest BCUT2D eigenvalue weighted by Crippen LogP contribution is -2.45. The largest absolute Gasteiger partial charge is 0.356 e. The normalized spacial score (nSPS) is 20.0. The molecule has 0 radical (unpaired) electrons. The topological polar surface area (TPSA) is 75.4 Å². The van der Waals surface area contributed by atoms with Crippen LogP contribution in [0.2, 0.25) is 0 Å². The SMILES string of the molecule is O=S(=O)(c1ccccc1-c1ccno1)N1CCC(NCC2CC2)CC1. The maximum atomic E-state index is 13.1. The van der Waals surface area contributed by atoms with Crippen molar-refractivity contribution in [3.05, 3.63) is 36.5 Å². The van der Waals surface area contributed by atoms with Crippen LogP contribution in [0.5, 0.6) is 0 Å². The van der Waals surface area contributed by atoms with Gasteiger partial charge in [-0.2, -0.15) is 4.31 Å². The fraction of sp³-hybridized carbons (Fsp3) is 0.500. The maximum Gasteiger partial charge on any atom is 0.243 e. The van der Waals surface area contributed by atoms with E-state index in [0.29, 0.717) is 30.5 Å². The van der Waals surface area contributed by atoms with E-state index < -0.39 is 10.0 Å². The molecule has 0 spiro atoms. The van der Waals surface area contributed by atoms with Gasteiger partial charge in [0.2, 0.25) is 10.0 Å². The van der Waals surface area contributed by atoms with Gasteiger partial charge in [-0.05, 0) is 50.3 Å². The minimum Gasteiger partial charge on any atom is -0.356 e. The number of nitrogens with one attached hydrogen (secondary N) is 1. The average Bonchev–Trinajstić information content (AvgIpc) is 3.31. The number of piperidine rings is 1. The molecule has 0 atom stereocenters. The van der Waals surface area contributed by atoms with Gasteiger partial charge in [0.1, 0.15) is 0 Å². The Kier molecular flexibility index (Phi) is 4.62. The fourth-order valence-corrected chi connectivity index (χ4v) is 5.01. The van der Waals surface area contributed by atoms with E-state index in [9.17, 15) is 8.42 Å². The summed E-state index contributed by atoms with van der Waals surface area (Å²) < 4.78 is 33.0. The third-order valence-corrected chi connectivity index (χ3v) is 7.01. The van der Waals surface area contributed by atoms with Crippen LogP contribution in [-0.2, 0) is 10.0 Å². The zero-order valence-corrected chi connectivity index (χ0v) is 14.9. The van der Waals surface area contributed by atoms with Crippen LogP contribution in [0.4, 0.5) is 0 Å². The standard InChI is InChI=1S/C18H23N3O3S/c22-25(23,18-4-2-1-3-16(18)17-7-10-20-24-17)21-11-8-15(9-12-21)19-13-14-5-6-14/h1-4,7,10,14-15,19H,5-6,8-9,11-13H2. The predicted molar refractivity (Wildman–Crippen MR) is 94.4 cm³/mol. The Hall–Kier alpha value is -1.70. The van der Waals surface area contributed by atoms with Crippen molar-refractivity contribution in [2.24, 2.45) is 5.92 Å². The Morgan fingerprint density at radius 2 is 1.88 bits per heavy atom. The second kappa shape index (κ2) is 6.90. The summed E-state index contributed by atoms with van der Waals surface area (Å²) in [6.07, 6.45) is 5.90. The molecule has 1 saturated heterocycles. The molecule has 25 heavy (non-hydrogen) atoms. The number of sulfonamides is 1. The van der Waals surface area contributed by atoms with Gasteiger partial charge >= 0.3 is 0 Å². The number of hydrogen-bond acceptors (Lipinski definition) is 5. The van der Waals surface area contributed by atoms with Crippen molar-refractivity contribution >= 4 is 10.0 Å². The summed E-state index contributed by atoms with van der Waals surface area (Å²) in [5, 5.41) is 7.28. The highest BCUT2D eigenvalue weighted by Gasteiger charge is 2.32. The lowest BCUT2D eigenvalue weighted by molar-refractivity contribution is 0.288. The van der Waals surface area contributed by atoms with Crippen molar-refractivity contribution < 1.29 is 12.9 Å². The Labute approximate surface area is 148 Å². The molecule has 1 N–H and O–H groups in total. The van der Waals surface area contributed by atoms with E-state index in [2.05, 4.69) is 10.5 Å². The van der Waals surface area contributed by atoms with Crippen LogP contribution in [0.15, 0.2) is 45.9 Å². The number of hydrogen-bond donors (Lipinski definition) is 1. The van der Waals surface area contributed by atoms with Crippen LogP contribution in [-0.4, -0.2) is 43.6 Å². The van der Waals surface area contributed by atoms with E-state index in [-0.39, 0.29) is 4.90 Å². The van der Waals surface area contributed by atoms with Gasteiger partial charge in [0.05, 0.1) is 11.1 Å². The van der Waals surface area contributed by atoms with Crippen molar-refractivity contribution in [3.8, 4) is 11.3 Å². The number of rotatable bonds is 6. The molecule has 2 aliphatic rings. The van der Waals surface area contributed by atoms with Crippen LogP contribution in [0, 0.1) is 5.92 Å². The second-order valence-corrected chi connectivity index (χ2v) is 8.81. The molecule has 4 rings (SSSR count). The maximum absolute atomic E-state index is 13.1. The van der Waals surface area contributed by atoms with Crippen LogP contribution in [0.25, 0.3) is 11.3 Å². The zero-order chi connectivity index (χ0) is 17.3. The first-order valence-electron chi connectivity index (χ1n) is 8.88. The van der Waals surface area contributed by atoms with Crippen LogP contribution in [0.1, 0.15) is 25.7 Å². The highest BCUT2D eigenvalue weighted by molar-refractivity contribution is 7.89. The number of benzene rings is 1. The molecule has 0 amide bonds. The molecule has 1 aliphatic heterocycles. The van der Waals surface area contributed by atoms with Gasteiger partial charge in [0.15, 0.2) is 5.76 Å². The molecular weight excluding hydrogens is 338 g/mol. The van der Waals surface area contributed by atoms with Gasteiger partial charge in [0, 0.05) is 30.8 Å². The first kappa shape index (κ1) is 16.8. The molecule has 1 aromatic carbocycles. The van der Waals surface area contributed by atoms with E-state index >= 15 is 0 Å². The predicted octanol–water partition coefficient (Wildman–Crippen LogP) is 2.49. The van der Waals surface area contributed by atoms with Crippen molar-refractivity contribution in [2.45, 2.75) is 36.6 Å². The lowest BCUT2D eigenvalue weighted by atomic mass is 10.1. The third kappa shape index (κ3) is 3.63.